The number of nitrogens with zero attached hydrogens (tertiary/aromatic N) is 1. The fourth-order valence-electron chi connectivity index (χ4n) is 2.74. The highest BCUT2D eigenvalue weighted by atomic mass is 16.7. The van der Waals surface area contributed by atoms with Gasteiger partial charge in [0.1, 0.15) is 5.60 Å². The largest absolute Gasteiger partial charge is 0.494 e. The normalized spacial score (nSPS) is 19.4. The lowest BCUT2D eigenvalue weighted by Crippen LogP contribution is -2.41. The quantitative estimate of drug-likeness (QED) is 0.741. The second-order valence-electron chi connectivity index (χ2n) is 8.57. The van der Waals surface area contributed by atoms with Gasteiger partial charge in [0, 0.05) is 11.6 Å². The van der Waals surface area contributed by atoms with Crippen LogP contribution in [0.1, 0.15) is 48.5 Å². The monoisotopic (exact) mass is 343 g/mol. The van der Waals surface area contributed by atoms with Crippen LogP contribution in [0.15, 0.2) is 30.5 Å². The van der Waals surface area contributed by atoms with E-state index in [0.717, 1.165) is 16.4 Å². The summed E-state index contributed by atoms with van der Waals surface area (Å²) >= 11 is 0. The molecule has 1 saturated heterocycles. The Morgan fingerprint density at radius 1 is 1.08 bits per heavy atom. The van der Waals surface area contributed by atoms with Gasteiger partial charge in [0.15, 0.2) is 0 Å². The Labute approximate surface area is 149 Å². The standard InChI is InChI=1S/C19H26BNO4/c1-17(2,3)23-16(22)21-11-10-13-8-9-14(12-15(13)21)20-24-18(4,5)19(6,7)25-20/h8-12H,1-7H3. The van der Waals surface area contributed by atoms with Crippen molar-refractivity contribution in [2.45, 2.75) is 65.3 Å². The first-order valence-corrected chi connectivity index (χ1v) is 8.60. The minimum absolute atomic E-state index is 0.395. The average Bonchev–Trinajstić information content (AvgIpc) is 2.95. The number of rotatable bonds is 1. The van der Waals surface area contributed by atoms with Crippen LogP contribution < -0.4 is 5.46 Å². The van der Waals surface area contributed by atoms with E-state index < -0.39 is 30.0 Å². The maximum Gasteiger partial charge on any atom is 0.494 e. The van der Waals surface area contributed by atoms with Crippen LogP contribution in [0.25, 0.3) is 10.9 Å². The summed E-state index contributed by atoms with van der Waals surface area (Å²) in [5.74, 6) is 0. The molecular weight excluding hydrogens is 317 g/mol. The first kappa shape index (κ1) is 18.0. The Morgan fingerprint density at radius 2 is 1.68 bits per heavy atom. The minimum Gasteiger partial charge on any atom is -0.443 e. The Kier molecular flexibility index (Phi) is 4.04. The van der Waals surface area contributed by atoms with Gasteiger partial charge in [-0.05, 0) is 66.1 Å². The molecule has 1 aromatic carbocycles. The van der Waals surface area contributed by atoms with E-state index in [2.05, 4.69) is 0 Å². The molecule has 0 aliphatic carbocycles. The van der Waals surface area contributed by atoms with Crippen LogP contribution in [-0.2, 0) is 14.0 Å². The van der Waals surface area contributed by atoms with Gasteiger partial charge in [-0.25, -0.2) is 4.79 Å². The molecule has 0 bridgehead atoms. The van der Waals surface area contributed by atoms with E-state index in [0.29, 0.717) is 0 Å². The summed E-state index contributed by atoms with van der Waals surface area (Å²) in [4.78, 5) is 12.5. The number of benzene rings is 1. The summed E-state index contributed by atoms with van der Waals surface area (Å²) in [6.07, 6.45) is 1.33. The van der Waals surface area contributed by atoms with E-state index >= 15 is 0 Å². The van der Waals surface area contributed by atoms with Gasteiger partial charge in [-0.3, -0.25) is 4.57 Å². The Morgan fingerprint density at radius 3 is 2.24 bits per heavy atom. The maximum atomic E-state index is 12.5. The zero-order chi connectivity index (χ0) is 18.6. The third kappa shape index (κ3) is 3.33. The molecule has 1 aliphatic rings. The van der Waals surface area contributed by atoms with E-state index in [1.807, 2.05) is 72.7 Å². The van der Waals surface area contributed by atoms with Crippen molar-refractivity contribution < 1.29 is 18.8 Å². The molecule has 3 rings (SSSR count). The van der Waals surface area contributed by atoms with Gasteiger partial charge in [-0.2, -0.15) is 0 Å². The Balaban J connectivity index is 1.95. The molecule has 0 N–H and O–H groups in total. The topological polar surface area (TPSA) is 49.7 Å². The second-order valence-corrected chi connectivity index (χ2v) is 8.57. The summed E-state index contributed by atoms with van der Waals surface area (Å²) in [7, 11) is -0.462. The summed E-state index contributed by atoms with van der Waals surface area (Å²) < 4.78 is 19.2. The molecule has 0 unspecified atom stereocenters. The number of aromatic nitrogens is 1. The van der Waals surface area contributed by atoms with E-state index in [-0.39, 0.29) is 0 Å². The minimum atomic E-state index is -0.545. The number of ether oxygens (including phenoxy) is 1. The number of hydrogen-bond donors (Lipinski definition) is 0. The molecule has 1 aromatic heterocycles. The van der Waals surface area contributed by atoms with Crippen LogP contribution in [0.4, 0.5) is 4.79 Å². The molecule has 1 aliphatic heterocycles. The van der Waals surface area contributed by atoms with Crippen molar-refractivity contribution in [3.63, 3.8) is 0 Å². The number of hydrogen-bond acceptors (Lipinski definition) is 4. The van der Waals surface area contributed by atoms with Gasteiger partial charge >= 0.3 is 13.2 Å². The van der Waals surface area contributed by atoms with Crippen LogP contribution in [0.2, 0.25) is 0 Å². The van der Waals surface area contributed by atoms with E-state index in [1.165, 1.54) is 4.57 Å². The summed E-state index contributed by atoms with van der Waals surface area (Å²) in [6.45, 7) is 13.7. The Hall–Kier alpha value is -1.79. The summed E-state index contributed by atoms with van der Waals surface area (Å²) in [6, 6.07) is 7.77. The predicted molar refractivity (Wildman–Crippen MR) is 99.3 cm³/mol. The first-order chi connectivity index (χ1) is 11.4. The average molecular weight is 343 g/mol. The van der Waals surface area contributed by atoms with Crippen LogP contribution >= 0.6 is 0 Å². The van der Waals surface area contributed by atoms with Crippen LogP contribution in [-0.4, -0.2) is 34.6 Å². The fraction of sp³-hybridized carbons (Fsp3) is 0.526. The highest BCUT2D eigenvalue weighted by molar-refractivity contribution is 6.62. The van der Waals surface area contributed by atoms with Crippen molar-refractivity contribution in [1.29, 1.82) is 0 Å². The SMILES string of the molecule is CC(C)(C)OC(=O)n1ccc2ccc(B3OC(C)(C)C(C)(C)O3)cc21. The molecule has 2 aromatic rings. The lowest BCUT2D eigenvalue weighted by atomic mass is 9.79. The van der Waals surface area contributed by atoms with Gasteiger partial charge in [-0.1, -0.05) is 12.1 Å². The van der Waals surface area contributed by atoms with Crippen LogP contribution in [0.3, 0.4) is 0 Å². The molecule has 0 saturated carbocycles. The molecular formula is C19H26BNO4. The summed E-state index contributed by atoms with van der Waals surface area (Å²) in [5, 5.41) is 0.964. The molecule has 0 amide bonds. The smallest absolute Gasteiger partial charge is 0.443 e. The van der Waals surface area contributed by atoms with Gasteiger partial charge in [0.2, 0.25) is 0 Å². The third-order valence-electron chi connectivity index (χ3n) is 4.83. The van der Waals surface area contributed by atoms with Gasteiger partial charge in [-0.15, -0.1) is 0 Å². The van der Waals surface area contributed by atoms with Gasteiger partial charge in [0.25, 0.3) is 0 Å². The van der Waals surface area contributed by atoms with Crippen LogP contribution in [0.5, 0.6) is 0 Å². The van der Waals surface area contributed by atoms with E-state index in [1.54, 1.807) is 6.20 Å². The zero-order valence-electron chi connectivity index (χ0n) is 16.0. The van der Waals surface area contributed by atoms with Crippen molar-refractivity contribution in [1.82, 2.24) is 4.57 Å². The maximum absolute atomic E-state index is 12.5. The predicted octanol–water partition coefficient (Wildman–Crippen LogP) is 3.72. The highest BCUT2D eigenvalue weighted by Gasteiger charge is 2.51. The third-order valence-corrected chi connectivity index (χ3v) is 4.83. The summed E-state index contributed by atoms with van der Waals surface area (Å²) in [5.41, 5.74) is 0.312. The zero-order valence-corrected chi connectivity index (χ0v) is 16.0. The van der Waals surface area contributed by atoms with Crippen molar-refractivity contribution in [3.05, 3.63) is 30.5 Å². The number of carbonyl (C=O) groups is 1. The van der Waals surface area contributed by atoms with Gasteiger partial charge < -0.3 is 14.0 Å². The van der Waals surface area contributed by atoms with Gasteiger partial charge in [0.05, 0.1) is 16.7 Å². The number of carbonyl (C=O) groups excluding carboxylic acids is 1. The molecule has 25 heavy (non-hydrogen) atoms. The van der Waals surface area contributed by atoms with E-state index in [4.69, 9.17) is 14.0 Å². The number of fused-ring (bicyclic) bond motifs is 1. The fourth-order valence-corrected chi connectivity index (χ4v) is 2.74. The van der Waals surface area contributed by atoms with Crippen molar-refractivity contribution in [2.75, 3.05) is 0 Å². The molecule has 0 radical (unpaired) electrons. The van der Waals surface area contributed by atoms with Crippen LogP contribution in [0, 0.1) is 0 Å². The molecule has 134 valence electrons. The van der Waals surface area contributed by atoms with Crippen molar-refractivity contribution in [3.8, 4) is 0 Å². The van der Waals surface area contributed by atoms with E-state index in [9.17, 15) is 4.79 Å². The highest BCUT2D eigenvalue weighted by Crippen LogP contribution is 2.36. The first-order valence-electron chi connectivity index (χ1n) is 8.60. The lowest BCUT2D eigenvalue weighted by Gasteiger charge is -2.32. The van der Waals surface area contributed by atoms with Crippen molar-refractivity contribution >= 4 is 29.6 Å². The molecule has 1 fully saturated rings. The molecule has 0 atom stereocenters. The molecule has 2 heterocycles. The molecule has 6 heteroatoms. The van der Waals surface area contributed by atoms with Crippen molar-refractivity contribution in [2.24, 2.45) is 0 Å². The molecule has 0 spiro atoms. The lowest BCUT2D eigenvalue weighted by molar-refractivity contribution is 0.00578. The molecule has 5 nitrogen and oxygen atoms in total. The Bertz CT molecular complexity index is 800. The second kappa shape index (κ2) is 5.61.